The zero-order valence-electron chi connectivity index (χ0n) is 11.0. The van der Waals surface area contributed by atoms with E-state index >= 15 is 0 Å². The number of rotatable bonds is 2. The number of hydrogen-bond donors (Lipinski definition) is 1. The molecule has 2 aromatic rings. The second-order valence-electron chi connectivity index (χ2n) is 4.93. The molecule has 1 atom stereocenters. The molecule has 0 amide bonds. The van der Waals surface area contributed by atoms with Gasteiger partial charge in [0, 0.05) is 0 Å². The fraction of sp³-hybridized carbons (Fsp3) is 0.250. The number of aryl methyl sites for hydroxylation is 1. The maximum absolute atomic E-state index is 9.14. The molecular weight excluding hydrogens is 250 g/mol. The van der Waals surface area contributed by atoms with E-state index in [0.29, 0.717) is 17.1 Å². The lowest BCUT2D eigenvalue weighted by atomic mass is 9.89. The largest absolute Gasteiger partial charge is 0.469 e. The van der Waals surface area contributed by atoms with Gasteiger partial charge in [0.05, 0.1) is 11.9 Å². The summed E-state index contributed by atoms with van der Waals surface area (Å²) < 4.78 is 5.97. The zero-order chi connectivity index (χ0) is 13.9. The van der Waals surface area contributed by atoms with E-state index < -0.39 is 0 Å². The molecule has 0 spiro atoms. The Morgan fingerprint density at radius 2 is 2.20 bits per heavy atom. The standard InChI is InChI=1S/C16H15N3O/c17-9-12-8-13(18)10-19-16(12)20-15-7-3-5-11-4-1-2-6-14(11)15/h1-2,4,6,8,10,15H,3,5,7,18H2. The topological polar surface area (TPSA) is 71.9 Å². The molecule has 4 nitrogen and oxygen atoms in total. The molecule has 4 heteroatoms. The molecule has 0 saturated heterocycles. The van der Waals surface area contributed by atoms with E-state index in [1.165, 1.54) is 17.3 Å². The van der Waals surface area contributed by atoms with Gasteiger partial charge >= 0.3 is 0 Å². The number of pyridine rings is 1. The maximum atomic E-state index is 9.14. The van der Waals surface area contributed by atoms with Gasteiger partial charge < -0.3 is 10.5 Å². The molecule has 0 radical (unpaired) electrons. The molecule has 1 aromatic carbocycles. The summed E-state index contributed by atoms with van der Waals surface area (Å²) in [6.45, 7) is 0. The van der Waals surface area contributed by atoms with E-state index in [2.05, 4.69) is 23.2 Å². The van der Waals surface area contributed by atoms with Crippen molar-refractivity contribution < 1.29 is 4.74 Å². The predicted molar refractivity (Wildman–Crippen MR) is 76.1 cm³/mol. The van der Waals surface area contributed by atoms with Crippen molar-refractivity contribution in [1.82, 2.24) is 4.98 Å². The number of benzene rings is 1. The third kappa shape index (κ3) is 2.30. The van der Waals surface area contributed by atoms with Gasteiger partial charge in [0.15, 0.2) is 0 Å². The Kier molecular flexibility index (Phi) is 3.26. The number of nitriles is 1. The number of hydrogen-bond acceptors (Lipinski definition) is 4. The summed E-state index contributed by atoms with van der Waals surface area (Å²) >= 11 is 0. The maximum Gasteiger partial charge on any atom is 0.232 e. The Morgan fingerprint density at radius 1 is 1.35 bits per heavy atom. The molecule has 2 N–H and O–H groups in total. The third-order valence-electron chi connectivity index (χ3n) is 3.56. The van der Waals surface area contributed by atoms with Crippen LogP contribution >= 0.6 is 0 Å². The number of nitrogen functional groups attached to an aromatic ring is 1. The summed E-state index contributed by atoms with van der Waals surface area (Å²) in [5.41, 5.74) is 9.01. The van der Waals surface area contributed by atoms with Crippen LogP contribution < -0.4 is 10.5 Å². The van der Waals surface area contributed by atoms with Crippen molar-refractivity contribution >= 4 is 5.69 Å². The summed E-state index contributed by atoms with van der Waals surface area (Å²) in [5.74, 6) is 0.364. The van der Waals surface area contributed by atoms with Gasteiger partial charge in [0.2, 0.25) is 5.88 Å². The van der Waals surface area contributed by atoms with Crippen LogP contribution in [0.15, 0.2) is 36.5 Å². The monoisotopic (exact) mass is 265 g/mol. The van der Waals surface area contributed by atoms with Gasteiger partial charge in [-0.1, -0.05) is 24.3 Å². The van der Waals surface area contributed by atoms with E-state index in [4.69, 9.17) is 15.7 Å². The Labute approximate surface area is 117 Å². The Morgan fingerprint density at radius 3 is 3.05 bits per heavy atom. The van der Waals surface area contributed by atoms with Crippen LogP contribution in [0.2, 0.25) is 0 Å². The van der Waals surface area contributed by atoms with Crippen molar-refractivity contribution in [2.75, 3.05) is 5.73 Å². The molecule has 0 fully saturated rings. The first-order chi connectivity index (χ1) is 9.78. The average Bonchev–Trinajstić information content (AvgIpc) is 2.49. The predicted octanol–water partition coefficient (Wildman–Crippen LogP) is 2.99. The number of ether oxygens (including phenoxy) is 1. The van der Waals surface area contributed by atoms with Crippen LogP contribution in [-0.2, 0) is 6.42 Å². The lowest BCUT2D eigenvalue weighted by molar-refractivity contribution is 0.175. The first-order valence-electron chi connectivity index (χ1n) is 6.68. The van der Waals surface area contributed by atoms with E-state index in [1.807, 2.05) is 12.1 Å². The number of nitrogens with two attached hydrogens (primary N) is 1. The molecular formula is C16H15N3O. The van der Waals surface area contributed by atoms with Crippen molar-refractivity contribution in [2.45, 2.75) is 25.4 Å². The van der Waals surface area contributed by atoms with Gasteiger partial charge in [-0.25, -0.2) is 4.98 Å². The summed E-state index contributed by atoms with van der Waals surface area (Å²) in [4.78, 5) is 4.15. The van der Waals surface area contributed by atoms with Crippen LogP contribution in [0.25, 0.3) is 0 Å². The molecule has 3 rings (SSSR count). The van der Waals surface area contributed by atoms with E-state index in [1.54, 1.807) is 6.07 Å². The van der Waals surface area contributed by atoms with E-state index in [9.17, 15) is 0 Å². The molecule has 20 heavy (non-hydrogen) atoms. The highest BCUT2D eigenvalue weighted by Crippen LogP contribution is 2.34. The van der Waals surface area contributed by atoms with Crippen LogP contribution in [0.5, 0.6) is 5.88 Å². The van der Waals surface area contributed by atoms with Gasteiger partial charge in [0.1, 0.15) is 17.7 Å². The summed E-state index contributed by atoms with van der Waals surface area (Å²) in [6.07, 6.45) is 4.58. The van der Waals surface area contributed by atoms with Crippen molar-refractivity contribution in [2.24, 2.45) is 0 Å². The van der Waals surface area contributed by atoms with E-state index in [-0.39, 0.29) is 6.10 Å². The molecule has 0 saturated carbocycles. The van der Waals surface area contributed by atoms with Gasteiger partial charge in [-0.2, -0.15) is 5.26 Å². The highest BCUT2D eigenvalue weighted by atomic mass is 16.5. The number of anilines is 1. The molecule has 1 heterocycles. The number of aromatic nitrogens is 1. The SMILES string of the molecule is N#Cc1cc(N)cnc1OC1CCCc2ccccc21. The fourth-order valence-corrected chi connectivity index (χ4v) is 2.61. The molecule has 1 aliphatic carbocycles. The molecule has 1 aromatic heterocycles. The second-order valence-corrected chi connectivity index (χ2v) is 4.93. The first-order valence-corrected chi connectivity index (χ1v) is 6.68. The third-order valence-corrected chi connectivity index (χ3v) is 3.56. The van der Waals surface area contributed by atoms with E-state index in [0.717, 1.165) is 19.3 Å². The van der Waals surface area contributed by atoms with Crippen LogP contribution in [-0.4, -0.2) is 4.98 Å². The highest BCUT2D eigenvalue weighted by molar-refractivity contribution is 5.48. The van der Waals surface area contributed by atoms with Crippen molar-refractivity contribution in [3.8, 4) is 11.9 Å². The quantitative estimate of drug-likeness (QED) is 0.906. The van der Waals surface area contributed by atoms with Crippen molar-refractivity contribution in [3.63, 3.8) is 0 Å². The number of nitrogens with zero attached hydrogens (tertiary/aromatic N) is 2. The Balaban J connectivity index is 1.92. The fourth-order valence-electron chi connectivity index (χ4n) is 2.61. The van der Waals surface area contributed by atoms with Gasteiger partial charge in [-0.15, -0.1) is 0 Å². The van der Waals surface area contributed by atoms with Crippen molar-refractivity contribution in [3.05, 3.63) is 53.2 Å². The Hall–Kier alpha value is -2.54. The molecule has 1 unspecified atom stereocenters. The minimum Gasteiger partial charge on any atom is -0.469 e. The normalized spacial score (nSPS) is 17.1. The average molecular weight is 265 g/mol. The molecule has 0 bridgehead atoms. The van der Waals surface area contributed by atoms with Crippen LogP contribution in [0.4, 0.5) is 5.69 Å². The molecule has 1 aliphatic rings. The molecule has 100 valence electrons. The summed E-state index contributed by atoms with van der Waals surface area (Å²) in [7, 11) is 0. The Bertz CT molecular complexity index is 676. The molecule has 0 aliphatic heterocycles. The van der Waals surface area contributed by atoms with Crippen molar-refractivity contribution in [1.29, 1.82) is 5.26 Å². The van der Waals surface area contributed by atoms with Gasteiger partial charge in [-0.3, -0.25) is 0 Å². The zero-order valence-corrected chi connectivity index (χ0v) is 11.0. The minimum atomic E-state index is -0.0387. The number of fused-ring (bicyclic) bond motifs is 1. The second kappa shape index (κ2) is 5.22. The lowest BCUT2D eigenvalue weighted by Gasteiger charge is -2.26. The first kappa shape index (κ1) is 12.5. The lowest BCUT2D eigenvalue weighted by Crippen LogP contribution is -2.16. The van der Waals surface area contributed by atoms with Gasteiger partial charge in [0.25, 0.3) is 0 Å². The highest BCUT2D eigenvalue weighted by Gasteiger charge is 2.22. The van der Waals surface area contributed by atoms with Crippen LogP contribution in [0, 0.1) is 11.3 Å². The van der Waals surface area contributed by atoms with Gasteiger partial charge in [-0.05, 0) is 36.5 Å². The van der Waals surface area contributed by atoms with Crippen LogP contribution in [0.1, 0.15) is 35.6 Å². The minimum absolute atomic E-state index is 0.0387. The van der Waals surface area contributed by atoms with Crippen LogP contribution in [0.3, 0.4) is 0 Å². The smallest absolute Gasteiger partial charge is 0.232 e. The summed E-state index contributed by atoms with van der Waals surface area (Å²) in [6, 6.07) is 12.0. The summed E-state index contributed by atoms with van der Waals surface area (Å²) in [5, 5.41) is 9.14.